The standard InChI is InChI=1S/C18H22N4OS/c23-17-6-14-2-1-3-16(14)20-22(17)10-12-8-21(9-12)11-15-7-19-18(24-15)13-4-5-13/h6-7,12-13H,1-5,8-11H2. The summed E-state index contributed by atoms with van der Waals surface area (Å²) in [5.41, 5.74) is 2.39. The van der Waals surface area contributed by atoms with Crippen LogP contribution in [-0.4, -0.2) is 32.8 Å². The van der Waals surface area contributed by atoms with Crippen LogP contribution in [0.25, 0.3) is 0 Å². The minimum Gasteiger partial charge on any atom is -0.297 e. The molecule has 24 heavy (non-hydrogen) atoms. The van der Waals surface area contributed by atoms with Gasteiger partial charge in [-0.05, 0) is 37.7 Å². The maximum atomic E-state index is 12.2. The lowest BCUT2D eigenvalue weighted by atomic mass is 10.0. The number of aryl methyl sites for hydroxylation is 2. The molecule has 2 fully saturated rings. The molecule has 1 aliphatic heterocycles. The first kappa shape index (κ1) is 14.8. The highest BCUT2D eigenvalue weighted by Gasteiger charge is 2.30. The second-order valence-corrected chi connectivity index (χ2v) is 8.64. The van der Waals surface area contributed by atoms with E-state index >= 15 is 0 Å². The van der Waals surface area contributed by atoms with Crippen molar-refractivity contribution in [1.82, 2.24) is 19.7 Å². The molecule has 2 aromatic heterocycles. The lowest BCUT2D eigenvalue weighted by molar-refractivity contribution is 0.0775. The van der Waals surface area contributed by atoms with Gasteiger partial charge in [0.1, 0.15) is 0 Å². The van der Waals surface area contributed by atoms with Crippen LogP contribution in [0.2, 0.25) is 0 Å². The van der Waals surface area contributed by atoms with E-state index < -0.39 is 0 Å². The van der Waals surface area contributed by atoms with Gasteiger partial charge in [0.2, 0.25) is 0 Å². The van der Waals surface area contributed by atoms with Gasteiger partial charge in [0, 0.05) is 48.6 Å². The fraction of sp³-hybridized carbons (Fsp3) is 0.611. The third kappa shape index (κ3) is 2.82. The van der Waals surface area contributed by atoms with Crippen molar-refractivity contribution in [2.45, 2.75) is 51.1 Å². The summed E-state index contributed by atoms with van der Waals surface area (Å²) in [7, 11) is 0. The Bertz CT molecular complexity index is 817. The van der Waals surface area contributed by atoms with Crippen LogP contribution >= 0.6 is 11.3 Å². The maximum Gasteiger partial charge on any atom is 0.267 e. The Kier molecular flexibility index (Phi) is 3.56. The van der Waals surface area contributed by atoms with Gasteiger partial charge < -0.3 is 0 Å². The van der Waals surface area contributed by atoms with Crippen LogP contribution in [0.15, 0.2) is 17.1 Å². The van der Waals surface area contributed by atoms with Gasteiger partial charge in [-0.25, -0.2) is 9.67 Å². The smallest absolute Gasteiger partial charge is 0.267 e. The predicted octanol–water partition coefficient (Wildman–Crippen LogP) is 2.20. The molecule has 1 saturated heterocycles. The largest absolute Gasteiger partial charge is 0.297 e. The van der Waals surface area contributed by atoms with Crippen molar-refractivity contribution in [3.63, 3.8) is 0 Å². The van der Waals surface area contributed by atoms with Crippen LogP contribution in [0.5, 0.6) is 0 Å². The molecule has 0 spiro atoms. The lowest BCUT2D eigenvalue weighted by Gasteiger charge is -2.38. The molecule has 1 saturated carbocycles. The molecule has 0 amide bonds. The van der Waals surface area contributed by atoms with Crippen molar-refractivity contribution in [2.24, 2.45) is 5.92 Å². The van der Waals surface area contributed by atoms with E-state index in [1.54, 1.807) is 4.68 Å². The van der Waals surface area contributed by atoms with Crippen molar-refractivity contribution >= 4 is 11.3 Å². The van der Waals surface area contributed by atoms with Gasteiger partial charge >= 0.3 is 0 Å². The first-order valence-electron chi connectivity index (χ1n) is 9.01. The van der Waals surface area contributed by atoms with Gasteiger partial charge in [0.25, 0.3) is 5.56 Å². The van der Waals surface area contributed by atoms with E-state index in [4.69, 9.17) is 0 Å². The topological polar surface area (TPSA) is 51.0 Å². The van der Waals surface area contributed by atoms with Crippen molar-refractivity contribution in [3.05, 3.63) is 43.8 Å². The van der Waals surface area contributed by atoms with Gasteiger partial charge in [-0.2, -0.15) is 5.10 Å². The van der Waals surface area contributed by atoms with Crippen LogP contribution in [0.3, 0.4) is 0 Å². The lowest BCUT2D eigenvalue weighted by Crippen LogP contribution is -2.48. The first-order chi connectivity index (χ1) is 11.7. The third-order valence-electron chi connectivity index (χ3n) is 5.37. The number of fused-ring (bicyclic) bond motifs is 1. The Morgan fingerprint density at radius 3 is 2.96 bits per heavy atom. The summed E-state index contributed by atoms with van der Waals surface area (Å²) in [6.07, 6.45) is 7.88. The Hall–Kier alpha value is -1.53. The molecule has 0 bridgehead atoms. The van der Waals surface area contributed by atoms with Crippen LogP contribution < -0.4 is 5.56 Å². The van der Waals surface area contributed by atoms with Crippen LogP contribution in [0.4, 0.5) is 0 Å². The molecule has 2 aliphatic carbocycles. The molecular formula is C18H22N4OS. The molecule has 0 unspecified atom stereocenters. The summed E-state index contributed by atoms with van der Waals surface area (Å²) in [6, 6.07) is 1.81. The Morgan fingerprint density at radius 2 is 2.12 bits per heavy atom. The summed E-state index contributed by atoms with van der Waals surface area (Å²) in [4.78, 5) is 20.6. The molecule has 5 nitrogen and oxygen atoms in total. The van der Waals surface area contributed by atoms with Crippen LogP contribution in [-0.2, 0) is 25.9 Å². The Morgan fingerprint density at radius 1 is 1.25 bits per heavy atom. The van der Waals surface area contributed by atoms with E-state index in [2.05, 4.69) is 21.2 Å². The summed E-state index contributed by atoms with van der Waals surface area (Å²) in [5.74, 6) is 1.30. The van der Waals surface area contributed by atoms with Crippen molar-refractivity contribution in [2.75, 3.05) is 13.1 Å². The molecule has 6 heteroatoms. The number of nitrogens with zero attached hydrogens (tertiary/aromatic N) is 4. The molecule has 0 aromatic carbocycles. The first-order valence-corrected chi connectivity index (χ1v) is 9.83. The third-order valence-corrected chi connectivity index (χ3v) is 6.51. The average molecular weight is 342 g/mol. The van der Waals surface area contributed by atoms with Gasteiger partial charge in [0.05, 0.1) is 17.2 Å². The Balaban J connectivity index is 1.17. The molecule has 5 rings (SSSR count). The zero-order chi connectivity index (χ0) is 16.1. The quantitative estimate of drug-likeness (QED) is 0.836. The zero-order valence-electron chi connectivity index (χ0n) is 13.8. The second kappa shape index (κ2) is 5.77. The predicted molar refractivity (Wildman–Crippen MR) is 93.4 cm³/mol. The van der Waals surface area contributed by atoms with E-state index in [0.29, 0.717) is 5.92 Å². The summed E-state index contributed by atoms with van der Waals surface area (Å²) >= 11 is 1.88. The number of hydrogen-bond acceptors (Lipinski definition) is 5. The molecular weight excluding hydrogens is 320 g/mol. The van der Waals surface area contributed by atoms with Crippen LogP contribution in [0.1, 0.15) is 46.3 Å². The van der Waals surface area contributed by atoms with Gasteiger partial charge in [-0.3, -0.25) is 9.69 Å². The normalized spacial score (nSPS) is 21.0. The average Bonchev–Trinajstić information content (AvgIpc) is 3.11. The van der Waals surface area contributed by atoms with E-state index in [-0.39, 0.29) is 5.56 Å². The Labute approximate surface area is 145 Å². The molecule has 3 heterocycles. The fourth-order valence-corrected chi connectivity index (χ4v) is 5.00. The highest BCUT2D eigenvalue weighted by molar-refractivity contribution is 7.11. The van der Waals surface area contributed by atoms with Crippen LogP contribution in [0, 0.1) is 5.92 Å². The minimum atomic E-state index is 0.0747. The molecule has 126 valence electrons. The summed E-state index contributed by atoms with van der Waals surface area (Å²) in [6.45, 7) is 3.88. The number of likely N-dealkylation sites (tertiary alicyclic amines) is 1. The highest BCUT2D eigenvalue weighted by Crippen LogP contribution is 2.42. The molecule has 3 aliphatic rings. The van der Waals surface area contributed by atoms with Gasteiger partial charge in [-0.1, -0.05) is 0 Å². The summed E-state index contributed by atoms with van der Waals surface area (Å²) in [5, 5.41) is 5.92. The van der Waals surface area contributed by atoms with Crippen molar-refractivity contribution in [1.29, 1.82) is 0 Å². The van der Waals surface area contributed by atoms with E-state index in [1.807, 2.05) is 17.4 Å². The number of rotatable bonds is 5. The van der Waals surface area contributed by atoms with E-state index in [9.17, 15) is 4.79 Å². The molecule has 0 N–H and O–H groups in total. The van der Waals surface area contributed by atoms with E-state index in [1.165, 1.54) is 28.3 Å². The fourth-order valence-electron chi connectivity index (χ4n) is 3.87. The molecule has 2 aromatic rings. The monoisotopic (exact) mass is 342 g/mol. The van der Waals surface area contributed by atoms with E-state index in [0.717, 1.165) is 57.1 Å². The van der Waals surface area contributed by atoms with Crippen molar-refractivity contribution < 1.29 is 0 Å². The number of thiazole rings is 1. The van der Waals surface area contributed by atoms with Crippen molar-refractivity contribution in [3.8, 4) is 0 Å². The summed E-state index contributed by atoms with van der Waals surface area (Å²) < 4.78 is 1.70. The second-order valence-electron chi connectivity index (χ2n) is 7.49. The zero-order valence-corrected chi connectivity index (χ0v) is 14.6. The maximum absolute atomic E-state index is 12.2. The number of aromatic nitrogens is 3. The molecule has 0 atom stereocenters. The minimum absolute atomic E-state index is 0.0747. The SMILES string of the molecule is O=c1cc2c(nn1CC1CN(Cc3cnc(C4CC4)s3)C1)CCC2. The highest BCUT2D eigenvalue weighted by atomic mass is 32.1. The van der Waals surface area contributed by atoms with Gasteiger partial charge in [-0.15, -0.1) is 11.3 Å². The van der Waals surface area contributed by atoms with Gasteiger partial charge in [0.15, 0.2) is 0 Å². The molecule has 0 radical (unpaired) electrons. The number of hydrogen-bond donors (Lipinski definition) is 0.